The first-order chi connectivity index (χ1) is 16.0. The number of carbonyl (C=O) groups is 1. The van der Waals surface area contributed by atoms with Crippen molar-refractivity contribution in [2.45, 2.75) is 50.1 Å². The molecule has 0 aliphatic carbocycles. The van der Waals surface area contributed by atoms with Crippen LogP contribution in [0.25, 0.3) is 0 Å². The van der Waals surface area contributed by atoms with Gasteiger partial charge in [-0.05, 0) is 69.1 Å². The minimum Gasteiger partial charge on any atom is -0.487 e. The van der Waals surface area contributed by atoms with Crippen molar-refractivity contribution in [3.05, 3.63) is 36.0 Å². The highest BCUT2D eigenvalue weighted by Gasteiger charge is 2.23. The van der Waals surface area contributed by atoms with Crippen molar-refractivity contribution in [3.63, 3.8) is 0 Å². The largest absolute Gasteiger partial charge is 0.487 e. The number of benzene rings is 1. The molecule has 0 spiro atoms. The van der Waals surface area contributed by atoms with Crippen LogP contribution in [-0.4, -0.2) is 45.8 Å². The predicted octanol–water partition coefficient (Wildman–Crippen LogP) is 4.75. The third-order valence-corrected chi connectivity index (χ3v) is 5.98. The molecule has 2 aromatic heterocycles. The fourth-order valence-corrected chi connectivity index (χ4v) is 4.42. The van der Waals surface area contributed by atoms with Crippen molar-refractivity contribution in [2.24, 2.45) is 0 Å². The van der Waals surface area contributed by atoms with E-state index < -0.39 is 0 Å². The summed E-state index contributed by atoms with van der Waals surface area (Å²) in [5, 5.41) is 13.9. The van der Waals surface area contributed by atoms with Gasteiger partial charge in [-0.1, -0.05) is 0 Å². The van der Waals surface area contributed by atoms with E-state index in [1.165, 1.54) is 25.1 Å². The summed E-state index contributed by atoms with van der Waals surface area (Å²) in [5.74, 6) is 2.62. The van der Waals surface area contributed by atoms with Gasteiger partial charge in [0, 0.05) is 42.4 Å². The Hall–Kier alpha value is -3.27. The summed E-state index contributed by atoms with van der Waals surface area (Å²) in [4.78, 5) is 24.2. The van der Waals surface area contributed by atoms with Crippen LogP contribution in [0.4, 0.5) is 23.1 Å². The summed E-state index contributed by atoms with van der Waals surface area (Å²) in [6.07, 6.45) is 3.49. The molecule has 1 aliphatic rings. The number of rotatable bonds is 8. The van der Waals surface area contributed by atoms with Crippen LogP contribution in [0, 0.1) is 6.92 Å². The summed E-state index contributed by atoms with van der Waals surface area (Å²) in [7, 11) is 0. The first-order valence-electron chi connectivity index (χ1n) is 11.2. The van der Waals surface area contributed by atoms with Crippen LogP contribution in [0.2, 0.25) is 0 Å². The Labute approximate surface area is 197 Å². The zero-order valence-electron chi connectivity index (χ0n) is 19.1. The molecule has 3 N–H and O–H groups in total. The number of hydrogen-bond donors (Lipinski definition) is 3. The zero-order chi connectivity index (χ0) is 23.2. The lowest BCUT2D eigenvalue weighted by atomic mass is 10.1. The molecule has 1 fully saturated rings. The number of carbonyl (C=O) groups excluding carboxylic acids is 1. The Morgan fingerprint density at radius 1 is 1.18 bits per heavy atom. The number of hydrogen-bond acceptors (Lipinski definition) is 8. The maximum Gasteiger partial charge on any atom is 0.221 e. The Kier molecular flexibility index (Phi) is 7.33. The fraction of sp³-hybridized carbons (Fsp3) is 0.391. The number of piperidine rings is 1. The monoisotopic (exact) mass is 467 g/mol. The van der Waals surface area contributed by atoms with Gasteiger partial charge < -0.3 is 20.3 Å². The standard InChI is InChI=1S/C23H29N7O2S/c1-4-32-20-21(25-19-14-15(2)28-29-19)26-23(27-22(20)30-12-6-5-7-13-30)33-18-10-8-17(9-11-18)24-16(3)31/h8-11,14H,4-7,12-13H2,1-3H3,(H,24,31)(H2,25,26,27,28,29). The quantitative estimate of drug-likeness (QED) is 0.407. The molecule has 0 saturated carbocycles. The summed E-state index contributed by atoms with van der Waals surface area (Å²) >= 11 is 1.46. The van der Waals surface area contributed by atoms with Crippen molar-refractivity contribution >= 4 is 40.8 Å². The number of aromatic amines is 1. The van der Waals surface area contributed by atoms with E-state index in [2.05, 4.69) is 25.7 Å². The van der Waals surface area contributed by atoms with Gasteiger partial charge in [-0.25, -0.2) is 9.97 Å². The number of nitrogens with zero attached hydrogens (tertiary/aromatic N) is 4. The normalized spacial score (nSPS) is 13.6. The Morgan fingerprint density at radius 3 is 2.58 bits per heavy atom. The molecule has 10 heteroatoms. The van der Waals surface area contributed by atoms with Gasteiger partial charge in [-0.2, -0.15) is 5.10 Å². The van der Waals surface area contributed by atoms with Crippen LogP contribution >= 0.6 is 11.8 Å². The number of aryl methyl sites for hydroxylation is 1. The van der Waals surface area contributed by atoms with E-state index in [1.54, 1.807) is 0 Å². The van der Waals surface area contributed by atoms with E-state index >= 15 is 0 Å². The second-order valence-electron chi connectivity index (χ2n) is 7.86. The van der Waals surface area contributed by atoms with Gasteiger partial charge in [0.2, 0.25) is 11.7 Å². The Balaban J connectivity index is 1.69. The maximum atomic E-state index is 11.3. The van der Waals surface area contributed by atoms with Crippen LogP contribution in [0.5, 0.6) is 5.75 Å². The minimum absolute atomic E-state index is 0.0965. The average Bonchev–Trinajstić information content (AvgIpc) is 3.21. The molecule has 3 aromatic rings. The van der Waals surface area contributed by atoms with Crippen LogP contribution in [0.1, 0.15) is 38.8 Å². The average molecular weight is 468 g/mol. The Bertz CT molecular complexity index is 1090. The second-order valence-corrected chi connectivity index (χ2v) is 8.90. The van der Waals surface area contributed by atoms with E-state index in [4.69, 9.17) is 14.7 Å². The molecule has 0 atom stereocenters. The first kappa shape index (κ1) is 22.9. The van der Waals surface area contributed by atoms with Crippen molar-refractivity contribution in [3.8, 4) is 5.75 Å². The highest BCUT2D eigenvalue weighted by atomic mass is 32.2. The number of anilines is 4. The van der Waals surface area contributed by atoms with Gasteiger partial charge in [0.25, 0.3) is 0 Å². The molecule has 0 radical (unpaired) electrons. The topological polar surface area (TPSA) is 108 Å². The molecule has 1 saturated heterocycles. The van der Waals surface area contributed by atoms with Gasteiger partial charge in [0.1, 0.15) is 0 Å². The van der Waals surface area contributed by atoms with Crippen LogP contribution in [-0.2, 0) is 4.79 Å². The second kappa shape index (κ2) is 10.6. The van der Waals surface area contributed by atoms with Gasteiger partial charge in [0.05, 0.1) is 6.61 Å². The van der Waals surface area contributed by atoms with Crippen molar-refractivity contribution in [1.29, 1.82) is 0 Å². The van der Waals surface area contributed by atoms with E-state index in [0.717, 1.165) is 48.0 Å². The molecule has 0 unspecified atom stereocenters. The SMILES string of the molecule is CCOc1c(Nc2cc(C)[nH]n2)nc(Sc2ccc(NC(C)=O)cc2)nc1N1CCCCC1. The van der Waals surface area contributed by atoms with Gasteiger partial charge >= 0.3 is 0 Å². The third kappa shape index (κ3) is 5.95. The molecule has 174 valence electrons. The van der Waals surface area contributed by atoms with Crippen LogP contribution < -0.4 is 20.3 Å². The Morgan fingerprint density at radius 2 is 1.94 bits per heavy atom. The molecular formula is C23H29N7O2S. The van der Waals surface area contributed by atoms with Crippen LogP contribution in [0.3, 0.4) is 0 Å². The zero-order valence-corrected chi connectivity index (χ0v) is 20.0. The minimum atomic E-state index is -0.0965. The number of ether oxygens (including phenoxy) is 1. The number of H-pyrrole nitrogens is 1. The van der Waals surface area contributed by atoms with Crippen molar-refractivity contribution < 1.29 is 9.53 Å². The van der Waals surface area contributed by atoms with Crippen LogP contribution in [0.15, 0.2) is 40.4 Å². The molecule has 33 heavy (non-hydrogen) atoms. The summed E-state index contributed by atoms with van der Waals surface area (Å²) < 4.78 is 6.04. The fourth-order valence-electron chi connectivity index (χ4n) is 3.66. The summed E-state index contributed by atoms with van der Waals surface area (Å²) in [5.41, 5.74) is 1.71. The third-order valence-electron chi connectivity index (χ3n) is 5.11. The number of aromatic nitrogens is 4. The van der Waals surface area contributed by atoms with Crippen molar-refractivity contribution in [2.75, 3.05) is 35.2 Å². The van der Waals surface area contributed by atoms with Gasteiger partial charge in [0.15, 0.2) is 22.6 Å². The molecule has 9 nitrogen and oxygen atoms in total. The van der Waals surface area contributed by atoms with Crippen molar-refractivity contribution in [1.82, 2.24) is 20.2 Å². The number of nitrogens with one attached hydrogen (secondary N) is 3. The highest BCUT2D eigenvalue weighted by Crippen LogP contribution is 2.39. The first-order valence-corrected chi connectivity index (χ1v) is 12.0. The molecule has 1 aliphatic heterocycles. The lowest BCUT2D eigenvalue weighted by Crippen LogP contribution is -2.31. The van der Waals surface area contributed by atoms with E-state index in [0.29, 0.717) is 29.1 Å². The molecular weight excluding hydrogens is 438 g/mol. The summed E-state index contributed by atoms with van der Waals surface area (Å²) in [6, 6.07) is 9.55. The van der Waals surface area contributed by atoms with Gasteiger partial charge in [-0.15, -0.1) is 0 Å². The number of amides is 1. The molecule has 3 heterocycles. The molecule has 4 rings (SSSR count). The van der Waals surface area contributed by atoms with E-state index in [9.17, 15) is 4.79 Å². The van der Waals surface area contributed by atoms with Gasteiger partial charge in [-0.3, -0.25) is 9.89 Å². The smallest absolute Gasteiger partial charge is 0.221 e. The van der Waals surface area contributed by atoms with E-state index in [-0.39, 0.29) is 5.91 Å². The lowest BCUT2D eigenvalue weighted by Gasteiger charge is -2.30. The maximum absolute atomic E-state index is 11.3. The molecule has 0 bridgehead atoms. The summed E-state index contributed by atoms with van der Waals surface area (Å²) in [6.45, 7) is 7.79. The van der Waals surface area contributed by atoms with E-state index in [1.807, 2.05) is 44.2 Å². The lowest BCUT2D eigenvalue weighted by molar-refractivity contribution is -0.114. The molecule has 1 aromatic carbocycles. The highest BCUT2D eigenvalue weighted by molar-refractivity contribution is 7.99. The predicted molar refractivity (Wildman–Crippen MR) is 131 cm³/mol. The molecule has 1 amide bonds.